The molecule has 4 heteroatoms. The van der Waals surface area contributed by atoms with Crippen molar-refractivity contribution in [3.8, 4) is 0 Å². The molecule has 1 heterocycles. The fourth-order valence-electron chi connectivity index (χ4n) is 2.99. The van der Waals surface area contributed by atoms with Crippen molar-refractivity contribution in [1.82, 2.24) is 0 Å². The topological polar surface area (TPSA) is 44.8 Å². The first-order valence-corrected chi connectivity index (χ1v) is 7.89. The van der Waals surface area contributed by atoms with Crippen LogP contribution in [0.15, 0.2) is 0 Å². The lowest BCUT2D eigenvalue weighted by Gasteiger charge is -2.26. The normalized spacial score (nSPS) is 31.9. The number of ether oxygens (including phenoxy) is 3. The first kappa shape index (κ1) is 15.8. The number of carbonyl (C=O) groups is 1. The smallest absolute Gasteiger partial charge is 0.311 e. The third-order valence-corrected chi connectivity index (χ3v) is 4.82. The molecule has 20 heavy (non-hydrogen) atoms. The molecule has 116 valence electrons. The summed E-state index contributed by atoms with van der Waals surface area (Å²) in [6.45, 7) is 7.71. The van der Waals surface area contributed by atoms with E-state index in [1.807, 2.05) is 20.8 Å². The highest BCUT2D eigenvalue weighted by Crippen LogP contribution is 2.38. The summed E-state index contributed by atoms with van der Waals surface area (Å²) in [6.07, 6.45) is 5.17. The summed E-state index contributed by atoms with van der Waals surface area (Å²) in [5.74, 6) is 0.910. The molecule has 3 unspecified atom stereocenters. The highest BCUT2D eigenvalue weighted by Gasteiger charge is 2.39. The third kappa shape index (κ3) is 3.95. The minimum absolute atomic E-state index is 0.0245. The maximum Gasteiger partial charge on any atom is 0.311 e. The van der Waals surface area contributed by atoms with E-state index in [0.717, 1.165) is 32.3 Å². The molecule has 1 saturated heterocycles. The predicted octanol–water partition coefficient (Wildman–Crippen LogP) is 3.15. The molecule has 1 aliphatic heterocycles. The minimum Gasteiger partial charge on any atom is -0.462 e. The summed E-state index contributed by atoms with van der Waals surface area (Å²) in [5.41, 5.74) is -0.388. The highest BCUT2D eigenvalue weighted by atomic mass is 16.7. The monoisotopic (exact) mass is 284 g/mol. The number of esters is 1. The van der Waals surface area contributed by atoms with E-state index in [0.29, 0.717) is 25.2 Å². The van der Waals surface area contributed by atoms with Crippen molar-refractivity contribution in [3.05, 3.63) is 0 Å². The van der Waals surface area contributed by atoms with Crippen LogP contribution in [0.1, 0.15) is 52.9 Å². The fourth-order valence-corrected chi connectivity index (χ4v) is 2.99. The standard InChI is InChI=1S/C16H28O4/c1-4-16(2,3)15(17)20-14-9-12-6-5-7-18-11-19-10-13(14)8-12/h12-14H,4-11H2,1-3H3. The third-order valence-electron chi connectivity index (χ3n) is 4.82. The second-order valence-electron chi connectivity index (χ2n) is 6.82. The van der Waals surface area contributed by atoms with Crippen LogP contribution in [0.2, 0.25) is 0 Å². The summed E-state index contributed by atoms with van der Waals surface area (Å²) in [5, 5.41) is 0. The molecular weight excluding hydrogens is 256 g/mol. The van der Waals surface area contributed by atoms with Crippen LogP contribution in [0.4, 0.5) is 0 Å². The van der Waals surface area contributed by atoms with Gasteiger partial charge < -0.3 is 14.2 Å². The van der Waals surface area contributed by atoms with Crippen molar-refractivity contribution in [2.75, 3.05) is 20.0 Å². The number of rotatable bonds is 3. The Hall–Kier alpha value is -0.610. The van der Waals surface area contributed by atoms with Crippen molar-refractivity contribution in [1.29, 1.82) is 0 Å². The summed E-state index contributed by atoms with van der Waals surface area (Å²) >= 11 is 0. The largest absolute Gasteiger partial charge is 0.462 e. The average Bonchev–Trinajstić information content (AvgIpc) is 2.79. The lowest BCUT2D eigenvalue weighted by atomic mass is 9.90. The highest BCUT2D eigenvalue weighted by molar-refractivity contribution is 5.76. The molecule has 0 aromatic heterocycles. The van der Waals surface area contributed by atoms with Crippen molar-refractivity contribution in [2.24, 2.45) is 17.3 Å². The second-order valence-corrected chi connectivity index (χ2v) is 6.82. The molecule has 2 aliphatic rings. The van der Waals surface area contributed by atoms with Gasteiger partial charge in [-0.05, 0) is 51.9 Å². The zero-order valence-corrected chi connectivity index (χ0v) is 13.0. The maximum atomic E-state index is 12.3. The van der Waals surface area contributed by atoms with E-state index in [-0.39, 0.29) is 17.5 Å². The average molecular weight is 284 g/mol. The van der Waals surface area contributed by atoms with Gasteiger partial charge in [-0.3, -0.25) is 4.79 Å². The summed E-state index contributed by atoms with van der Waals surface area (Å²) < 4.78 is 16.8. The predicted molar refractivity (Wildman–Crippen MR) is 76.2 cm³/mol. The second kappa shape index (κ2) is 6.90. The molecular formula is C16H28O4. The summed E-state index contributed by atoms with van der Waals surface area (Å²) in [4.78, 5) is 12.3. The Labute approximate surface area is 122 Å². The molecule has 2 fully saturated rings. The van der Waals surface area contributed by atoms with Crippen molar-refractivity contribution >= 4 is 5.97 Å². The van der Waals surface area contributed by atoms with Gasteiger partial charge in [0.1, 0.15) is 12.9 Å². The summed E-state index contributed by atoms with van der Waals surface area (Å²) in [7, 11) is 0. The van der Waals surface area contributed by atoms with Crippen LogP contribution in [-0.2, 0) is 19.0 Å². The molecule has 2 rings (SSSR count). The van der Waals surface area contributed by atoms with Gasteiger partial charge >= 0.3 is 5.97 Å². The van der Waals surface area contributed by atoms with Gasteiger partial charge in [-0.15, -0.1) is 0 Å². The minimum atomic E-state index is -0.388. The quantitative estimate of drug-likeness (QED) is 0.747. The van der Waals surface area contributed by atoms with E-state index >= 15 is 0 Å². The Balaban J connectivity index is 1.95. The molecule has 1 aliphatic carbocycles. The Bertz CT molecular complexity index is 326. The van der Waals surface area contributed by atoms with E-state index in [1.165, 1.54) is 6.42 Å². The molecule has 4 nitrogen and oxygen atoms in total. The Morgan fingerprint density at radius 3 is 2.85 bits per heavy atom. The van der Waals surface area contributed by atoms with Gasteiger partial charge in [0.2, 0.25) is 0 Å². The van der Waals surface area contributed by atoms with Crippen LogP contribution < -0.4 is 0 Å². The van der Waals surface area contributed by atoms with Gasteiger partial charge in [0.05, 0.1) is 12.0 Å². The van der Waals surface area contributed by atoms with Crippen LogP contribution >= 0.6 is 0 Å². The van der Waals surface area contributed by atoms with E-state index in [1.54, 1.807) is 0 Å². The van der Waals surface area contributed by atoms with Gasteiger partial charge in [-0.1, -0.05) is 6.92 Å². The number of hydrogen-bond acceptors (Lipinski definition) is 4. The fraction of sp³-hybridized carbons (Fsp3) is 0.938. The maximum absolute atomic E-state index is 12.3. The van der Waals surface area contributed by atoms with Crippen LogP contribution in [-0.4, -0.2) is 32.1 Å². The molecule has 0 N–H and O–H groups in total. The SMILES string of the molecule is CCC(C)(C)C(=O)OC1CC2CCCOCOCC1C2. The molecule has 0 amide bonds. The molecule has 0 aromatic carbocycles. The first-order valence-electron chi connectivity index (χ1n) is 7.89. The Morgan fingerprint density at radius 2 is 2.10 bits per heavy atom. The molecule has 0 radical (unpaired) electrons. The van der Waals surface area contributed by atoms with Crippen molar-refractivity contribution in [2.45, 2.75) is 59.0 Å². The molecule has 3 atom stereocenters. The zero-order valence-electron chi connectivity index (χ0n) is 13.0. The van der Waals surface area contributed by atoms with Crippen LogP contribution in [0.25, 0.3) is 0 Å². The Kier molecular flexibility index (Phi) is 5.44. The zero-order chi connectivity index (χ0) is 14.6. The van der Waals surface area contributed by atoms with Crippen LogP contribution in [0.3, 0.4) is 0 Å². The van der Waals surface area contributed by atoms with E-state index in [9.17, 15) is 4.79 Å². The van der Waals surface area contributed by atoms with Gasteiger partial charge in [0.15, 0.2) is 0 Å². The van der Waals surface area contributed by atoms with E-state index in [2.05, 4.69) is 0 Å². The molecule has 1 saturated carbocycles. The number of fused-ring (bicyclic) bond motifs is 2. The number of carbonyl (C=O) groups excluding carboxylic acids is 1. The van der Waals surface area contributed by atoms with E-state index in [4.69, 9.17) is 14.2 Å². The van der Waals surface area contributed by atoms with Gasteiger partial charge in [0.25, 0.3) is 0 Å². The molecule has 2 bridgehead atoms. The van der Waals surface area contributed by atoms with E-state index < -0.39 is 0 Å². The van der Waals surface area contributed by atoms with Gasteiger partial charge in [-0.2, -0.15) is 0 Å². The number of hydrogen-bond donors (Lipinski definition) is 0. The van der Waals surface area contributed by atoms with Crippen molar-refractivity contribution < 1.29 is 19.0 Å². The Morgan fingerprint density at radius 1 is 1.30 bits per heavy atom. The van der Waals surface area contributed by atoms with Gasteiger partial charge in [0, 0.05) is 12.5 Å². The lowest BCUT2D eigenvalue weighted by Crippen LogP contribution is -2.33. The molecule has 0 aromatic rings. The summed E-state index contributed by atoms with van der Waals surface area (Å²) in [6, 6.07) is 0. The molecule has 0 spiro atoms. The first-order chi connectivity index (χ1) is 9.53. The van der Waals surface area contributed by atoms with Crippen LogP contribution in [0, 0.1) is 17.3 Å². The lowest BCUT2D eigenvalue weighted by molar-refractivity contribution is -0.163. The van der Waals surface area contributed by atoms with Crippen molar-refractivity contribution in [3.63, 3.8) is 0 Å². The van der Waals surface area contributed by atoms with Gasteiger partial charge in [-0.25, -0.2) is 0 Å². The van der Waals surface area contributed by atoms with Crippen LogP contribution in [0.5, 0.6) is 0 Å².